The summed E-state index contributed by atoms with van der Waals surface area (Å²) < 4.78 is 27.1. The first-order chi connectivity index (χ1) is 16.9. The SMILES string of the molecule is C.Nc1nccc2cc(CCC(=O)[C@H](Cc3ccc(F)c(F)c3)NC(=O)Cc3cccnc3)ccc12. The number of fused-ring (bicyclic) bond motifs is 1. The number of carbonyl (C=O) groups excluding carboxylic acids is 2. The predicted octanol–water partition coefficient (Wildman–Crippen LogP) is 4.60. The van der Waals surface area contributed by atoms with Gasteiger partial charge in [-0.3, -0.25) is 14.6 Å². The number of aromatic nitrogens is 2. The molecule has 2 aromatic carbocycles. The van der Waals surface area contributed by atoms with Crippen molar-refractivity contribution in [3.05, 3.63) is 102 Å². The number of rotatable bonds is 9. The quantitative estimate of drug-likeness (QED) is 0.357. The van der Waals surface area contributed by atoms with E-state index < -0.39 is 17.7 Å². The number of carbonyl (C=O) groups is 2. The second-order valence-corrected chi connectivity index (χ2v) is 8.33. The van der Waals surface area contributed by atoms with Crippen LogP contribution in [0.5, 0.6) is 0 Å². The number of ketones is 1. The normalized spacial score (nSPS) is 11.5. The largest absolute Gasteiger partial charge is 0.383 e. The Kier molecular flexibility index (Phi) is 8.78. The third-order valence-electron chi connectivity index (χ3n) is 5.75. The molecule has 0 saturated carbocycles. The number of nitrogens with zero attached hydrogens (tertiary/aromatic N) is 2. The molecule has 0 aliphatic heterocycles. The maximum atomic E-state index is 13.7. The van der Waals surface area contributed by atoms with Crippen molar-refractivity contribution in [1.82, 2.24) is 15.3 Å². The Morgan fingerprint density at radius 1 is 0.944 bits per heavy atom. The standard InChI is InChI=1S/C27H24F2N4O2.CH4/c28-22-7-4-18(13-23(22)29)14-24(33-26(35)15-19-2-1-10-31-16-19)25(34)8-5-17-3-6-21-20(12-17)9-11-32-27(21)30;/h1-4,6-7,9-13,16,24H,5,8,14-15H2,(H2,30,32)(H,33,35);1H4/t24-;/m0./s1. The van der Waals surface area contributed by atoms with Crippen LogP contribution < -0.4 is 11.1 Å². The number of nitrogens with one attached hydrogen (secondary N) is 1. The van der Waals surface area contributed by atoms with Crippen LogP contribution in [0.3, 0.4) is 0 Å². The highest BCUT2D eigenvalue weighted by Gasteiger charge is 2.22. The van der Waals surface area contributed by atoms with Crippen molar-refractivity contribution in [1.29, 1.82) is 0 Å². The van der Waals surface area contributed by atoms with Gasteiger partial charge in [-0.2, -0.15) is 0 Å². The minimum atomic E-state index is -1.000. The minimum absolute atomic E-state index is 0. The van der Waals surface area contributed by atoms with Crippen molar-refractivity contribution < 1.29 is 18.4 Å². The van der Waals surface area contributed by atoms with Crippen LogP contribution in [-0.2, 0) is 28.9 Å². The zero-order valence-corrected chi connectivity index (χ0v) is 18.9. The molecular formula is C28H28F2N4O2. The molecule has 36 heavy (non-hydrogen) atoms. The summed E-state index contributed by atoms with van der Waals surface area (Å²) in [6.45, 7) is 0. The van der Waals surface area contributed by atoms with E-state index in [0.717, 1.165) is 28.5 Å². The second kappa shape index (κ2) is 12.0. The number of Topliss-reactive ketones (excluding diaryl/α,β-unsaturated/α-hetero) is 1. The molecule has 0 fully saturated rings. The number of hydrogen-bond donors (Lipinski definition) is 2. The molecule has 186 valence electrons. The van der Waals surface area contributed by atoms with Crippen LogP contribution in [0, 0.1) is 11.6 Å². The molecule has 8 heteroatoms. The number of benzene rings is 2. The van der Waals surface area contributed by atoms with Gasteiger partial charge in [-0.1, -0.05) is 37.8 Å². The van der Waals surface area contributed by atoms with Crippen LogP contribution in [0.2, 0.25) is 0 Å². The topological polar surface area (TPSA) is 98.0 Å². The number of anilines is 1. The number of aryl methyl sites for hydroxylation is 1. The van der Waals surface area contributed by atoms with E-state index in [1.54, 1.807) is 30.7 Å². The van der Waals surface area contributed by atoms with Gasteiger partial charge in [0, 0.05) is 30.4 Å². The highest BCUT2D eigenvalue weighted by atomic mass is 19.2. The van der Waals surface area contributed by atoms with Gasteiger partial charge in [-0.25, -0.2) is 13.8 Å². The molecule has 4 rings (SSSR count). The molecule has 0 bridgehead atoms. The van der Waals surface area contributed by atoms with Gasteiger partial charge in [0.2, 0.25) is 5.91 Å². The van der Waals surface area contributed by atoms with Crippen LogP contribution in [0.15, 0.2) is 73.2 Å². The van der Waals surface area contributed by atoms with Crippen molar-refractivity contribution in [2.45, 2.75) is 39.2 Å². The van der Waals surface area contributed by atoms with Crippen LogP contribution >= 0.6 is 0 Å². The lowest BCUT2D eigenvalue weighted by Gasteiger charge is -2.18. The fourth-order valence-corrected chi connectivity index (χ4v) is 3.93. The lowest BCUT2D eigenvalue weighted by Crippen LogP contribution is -2.43. The summed E-state index contributed by atoms with van der Waals surface area (Å²) in [6, 6.07) is 13.6. The average molecular weight is 491 g/mol. The minimum Gasteiger partial charge on any atom is -0.383 e. The monoisotopic (exact) mass is 490 g/mol. The lowest BCUT2D eigenvalue weighted by atomic mass is 9.96. The maximum absolute atomic E-state index is 13.7. The molecule has 0 aliphatic carbocycles. The average Bonchev–Trinajstić information content (AvgIpc) is 2.85. The maximum Gasteiger partial charge on any atom is 0.225 e. The number of amides is 1. The first kappa shape index (κ1) is 26.4. The lowest BCUT2D eigenvalue weighted by molar-refractivity contribution is -0.127. The summed E-state index contributed by atoms with van der Waals surface area (Å²) in [5.74, 6) is -2.09. The highest BCUT2D eigenvalue weighted by Crippen LogP contribution is 2.21. The predicted molar refractivity (Wildman–Crippen MR) is 136 cm³/mol. The van der Waals surface area contributed by atoms with Gasteiger partial charge >= 0.3 is 0 Å². The van der Waals surface area contributed by atoms with Gasteiger partial charge in [0.1, 0.15) is 5.82 Å². The number of pyridine rings is 2. The van der Waals surface area contributed by atoms with E-state index in [2.05, 4.69) is 15.3 Å². The highest BCUT2D eigenvalue weighted by molar-refractivity contribution is 5.92. The summed E-state index contributed by atoms with van der Waals surface area (Å²) in [5.41, 5.74) is 7.96. The fourth-order valence-electron chi connectivity index (χ4n) is 3.93. The van der Waals surface area contributed by atoms with Gasteiger partial charge < -0.3 is 11.1 Å². The smallest absolute Gasteiger partial charge is 0.225 e. The van der Waals surface area contributed by atoms with Gasteiger partial charge in [0.05, 0.1) is 12.5 Å². The third kappa shape index (κ3) is 6.69. The van der Waals surface area contributed by atoms with E-state index in [0.29, 0.717) is 23.4 Å². The second-order valence-electron chi connectivity index (χ2n) is 8.33. The molecule has 6 nitrogen and oxygen atoms in total. The Morgan fingerprint density at radius 2 is 1.75 bits per heavy atom. The van der Waals surface area contributed by atoms with Crippen molar-refractivity contribution in [2.75, 3.05) is 5.73 Å². The van der Waals surface area contributed by atoms with Crippen molar-refractivity contribution >= 4 is 28.3 Å². The molecule has 2 heterocycles. The Hall–Kier alpha value is -4.20. The third-order valence-corrected chi connectivity index (χ3v) is 5.75. The first-order valence-electron chi connectivity index (χ1n) is 11.2. The van der Waals surface area contributed by atoms with Gasteiger partial charge in [-0.05, 0) is 59.2 Å². The molecule has 3 N–H and O–H groups in total. The van der Waals surface area contributed by atoms with E-state index >= 15 is 0 Å². The number of nitrogens with two attached hydrogens (primary N) is 1. The Bertz CT molecular complexity index is 1360. The van der Waals surface area contributed by atoms with Crippen molar-refractivity contribution in [2.24, 2.45) is 0 Å². The molecule has 0 radical (unpaired) electrons. The van der Waals surface area contributed by atoms with E-state index in [1.165, 1.54) is 6.07 Å². The van der Waals surface area contributed by atoms with Crippen LogP contribution in [0.25, 0.3) is 10.8 Å². The Labute approximate surface area is 208 Å². The Morgan fingerprint density at radius 3 is 2.50 bits per heavy atom. The Balaban J connectivity index is 0.00000361. The zero-order valence-electron chi connectivity index (χ0n) is 18.9. The van der Waals surface area contributed by atoms with Gasteiger partial charge in [0.15, 0.2) is 17.4 Å². The van der Waals surface area contributed by atoms with Gasteiger partial charge in [0.25, 0.3) is 0 Å². The molecule has 1 amide bonds. The molecule has 0 spiro atoms. The molecular weight excluding hydrogens is 462 g/mol. The number of nitrogen functional groups attached to an aromatic ring is 1. The number of hydrogen-bond acceptors (Lipinski definition) is 5. The van der Waals surface area contributed by atoms with E-state index in [1.807, 2.05) is 24.3 Å². The van der Waals surface area contributed by atoms with E-state index in [-0.39, 0.29) is 38.4 Å². The first-order valence-corrected chi connectivity index (χ1v) is 11.2. The molecule has 0 unspecified atom stereocenters. The van der Waals surface area contributed by atoms with Crippen LogP contribution in [0.1, 0.15) is 30.5 Å². The summed E-state index contributed by atoms with van der Waals surface area (Å²) in [6.07, 6.45) is 5.52. The molecule has 0 aliphatic rings. The van der Waals surface area contributed by atoms with E-state index in [9.17, 15) is 18.4 Å². The zero-order chi connectivity index (χ0) is 24.8. The molecule has 0 saturated heterocycles. The van der Waals surface area contributed by atoms with Gasteiger partial charge in [-0.15, -0.1) is 0 Å². The summed E-state index contributed by atoms with van der Waals surface area (Å²) in [7, 11) is 0. The summed E-state index contributed by atoms with van der Waals surface area (Å²) in [5, 5.41) is 4.52. The summed E-state index contributed by atoms with van der Waals surface area (Å²) in [4.78, 5) is 33.9. The van der Waals surface area contributed by atoms with Crippen LogP contribution in [-0.4, -0.2) is 27.7 Å². The summed E-state index contributed by atoms with van der Waals surface area (Å²) >= 11 is 0. The van der Waals surface area contributed by atoms with Crippen molar-refractivity contribution in [3.8, 4) is 0 Å². The fraction of sp³-hybridized carbons (Fsp3) is 0.214. The molecule has 1 atom stereocenters. The number of halogens is 2. The van der Waals surface area contributed by atoms with Crippen LogP contribution in [0.4, 0.5) is 14.6 Å². The van der Waals surface area contributed by atoms with Crippen molar-refractivity contribution in [3.63, 3.8) is 0 Å². The molecule has 4 aromatic rings. The molecule has 2 aromatic heterocycles. The van der Waals surface area contributed by atoms with E-state index in [4.69, 9.17) is 5.73 Å².